The van der Waals surface area contributed by atoms with Crippen molar-refractivity contribution >= 4 is 17.5 Å². The number of halogens is 4. The van der Waals surface area contributed by atoms with Crippen LogP contribution in [0.5, 0.6) is 0 Å². The van der Waals surface area contributed by atoms with Crippen LogP contribution in [-0.4, -0.2) is 5.91 Å². The van der Waals surface area contributed by atoms with E-state index >= 15 is 0 Å². The Hall–Kier alpha value is -1.23. The Morgan fingerprint density at radius 1 is 1.33 bits per heavy atom. The van der Waals surface area contributed by atoms with Gasteiger partial charge in [0.05, 0.1) is 5.56 Å². The van der Waals surface area contributed by atoms with Crippen LogP contribution >= 0.6 is 11.6 Å². The van der Waals surface area contributed by atoms with Crippen LogP contribution in [0.4, 0.5) is 13.2 Å². The highest BCUT2D eigenvalue weighted by Crippen LogP contribution is 2.36. The molecule has 1 amide bonds. The Morgan fingerprint density at radius 3 is 2.33 bits per heavy atom. The van der Waals surface area contributed by atoms with Crippen LogP contribution in [0.2, 0.25) is 0 Å². The molecule has 1 aromatic carbocycles. The molecule has 2 nitrogen and oxygen atoms in total. The van der Waals surface area contributed by atoms with E-state index in [1.54, 1.807) is 0 Å². The molecule has 1 aromatic rings. The molecular formula is C9H7ClF3NO. The maximum atomic E-state index is 12.5. The minimum absolute atomic E-state index is 0.320. The van der Waals surface area contributed by atoms with Crippen LogP contribution in [0.15, 0.2) is 24.3 Å². The second kappa shape index (κ2) is 4.10. The number of nitrogens with two attached hydrogens (primary N) is 1. The molecule has 0 saturated heterocycles. The maximum Gasteiger partial charge on any atom is 0.416 e. The van der Waals surface area contributed by atoms with Gasteiger partial charge < -0.3 is 5.73 Å². The van der Waals surface area contributed by atoms with E-state index in [0.717, 1.165) is 12.1 Å². The van der Waals surface area contributed by atoms with Gasteiger partial charge in [0.25, 0.3) is 0 Å². The van der Waals surface area contributed by atoms with E-state index in [9.17, 15) is 18.0 Å². The number of benzene rings is 1. The van der Waals surface area contributed by atoms with Crippen molar-refractivity contribution in [3.05, 3.63) is 35.4 Å². The standard InChI is InChI=1S/C9H7ClF3NO/c10-7(8(14)15)5-3-1-2-4-6(5)9(11,12)13/h1-4,7H,(H2,14,15). The Morgan fingerprint density at radius 2 is 1.87 bits per heavy atom. The first kappa shape index (κ1) is 11.8. The summed E-state index contributed by atoms with van der Waals surface area (Å²) < 4.78 is 37.4. The number of hydrogen-bond acceptors (Lipinski definition) is 1. The molecule has 1 rings (SSSR count). The first-order valence-electron chi connectivity index (χ1n) is 3.93. The van der Waals surface area contributed by atoms with Crippen molar-refractivity contribution in [2.24, 2.45) is 5.73 Å². The number of amides is 1. The van der Waals surface area contributed by atoms with Crippen molar-refractivity contribution in [2.45, 2.75) is 11.6 Å². The van der Waals surface area contributed by atoms with Crippen LogP contribution < -0.4 is 5.73 Å². The first-order chi connectivity index (χ1) is 6.84. The zero-order valence-corrected chi connectivity index (χ0v) is 8.14. The highest BCUT2D eigenvalue weighted by atomic mass is 35.5. The van der Waals surface area contributed by atoms with E-state index in [1.807, 2.05) is 0 Å². The molecule has 15 heavy (non-hydrogen) atoms. The molecule has 1 unspecified atom stereocenters. The van der Waals surface area contributed by atoms with Crippen molar-refractivity contribution in [1.82, 2.24) is 0 Å². The van der Waals surface area contributed by atoms with E-state index in [4.69, 9.17) is 17.3 Å². The van der Waals surface area contributed by atoms with E-state index in [1.165, 1.54) is 12.1 Å². The van der Waals surface area contributed by atoms with Gasteiger partial charge in [-0.3, -0.25) is 4.79 Å². The summed E-state index contributed by atoms with van der Waals surface area (Å²) in [5.41, 5.74) is 3.58. The average molecular weight is 238 g/mol. The van der Waals surface area contributed by atoms with Crippen LogP contribution in [-0.2, 0) is 11.0 Å². The van der Waals surface area contributed by atoms with E-state index in [2.05, 4.69) is 0 Å². The number of carbonyl (C=O) groups is 1. The average Bonchev–Trinajstić information content (AvgIpc) is 2.15. The zero-order valence-electron chi connectivity index (χ0n) is 7.38. The Labute approximate surface area is 88.8 Å². The molecule has 0 aliphatic carbocycles. The topological polar surface area (TPSA) is 43.1 Å². The second-order valence-electron chi connectivity index (χ2n) is 2.85. The van der Waals surface area contributed by atoms with Gasteiger partial charge in [-0.2, -0.15) is 13.2 Å². The molecule has 0 aliphatic heterocycles. The van der Waals surface area contributed by atoms with Crippen LogP contribution in [0.1, 0.15) is 16.5 Å². The van der Waals surface area contributed by atoms with Crippen LogP contribution in [0.25, 0.3) is 0 Å². The van der Waals surface area contributed by atoms with Gasteiger partial charge in [0.15, 0.2) is 0 Å². The fourth-order valence-electron chi connectivity index (χ4n) is 1.13. The molecule has 1 atom stereocenters. The molecule has 0 radical (unpaired) electrons. The third kappa shape index (κ3) is 2.62. The quantitative estimate of drug-likeness (QED) is 0.789. The predicted octanol–water partition coefficient (Wildman–Crippen LogP) is 2.47. The summed E-state index contributed by atoms with van der Waals surface area (Å²) in [5.74, 6) is -1.01. The lowest BCUT2D eigenvalue weighted by atomic mass is 10.0. The summed E-state index contributed by atoms with van der Waals surface area (Å²) in [5, 5.41) is -1.47. The van der Waals surface area contributed by atoms with Crippen molar-refractivity contribution in [1.29, 1.82) is 0 Å². The molecule has 0 heterocycles. The largest absolute Gasteiger partial charge is 0.416 e. The van der Waals surface area contributed by atoms with Crippen LogP contribution in [0.3, 0.4) is 0 Å². The van der Waals surface area contributed by atoms with Gasteiger partial charge in [-0.15, -0.1) is 11.6 Å². The summed E-state index contributed by atoms with van der Waals surface area (Å²) in [7, 11) is 0. The van der Waals surface area contributed by atoms with Crippen molar-refractivity contribution in [3.63, 3.8) is 0 Å². The second-order valence-corrected chi connectivity index (χ2v) is 3.29. The van der Waals surface area contributed by atoms with Crippen LogP contribution in [0, 0.1) is 0 Å². The van der Waals surface area contributed by atoms with Gasteiger partial charge >= 0.3 is 6.18 Å². The molecule has 0 bridgehead atoms. The monoisotopic (exact) mass is 237 g/mol. The number of carbonyl (C=O) groups excluding carboxylic acids is 1. The summed E-state index contributed by atoms with van der Waals surface area (Å²) >= 11 is 5.48. The van der Waals surface area contributed by atoms with E-state index < -0.39 is 23.0 Å². The summed E-state index contributed by atoms with van der Waals surface area (Å²) in [4.78, 5) is 10.7. The molecule has 6 heteroatoms. The Balaban J connectivity index is 3.24. The highest BCUT2D eigenvalue weighted by molar-refractivity contribution is 6.30. The smallest absolute Gasteiger partial charge is 0.368 e. The zero-order chi connectivity index (χ0) is 11.6. The first-order valence-corrected chi connectivity index (χ1v) is 4.37. The fraction of sp³-hybridized carbons (Fsp3) is 0.222. The molecule has 0 fully saturated rings. The molecule has 0 saturated carbocycles. The summed E-state index contributed by atoms with van der Waals surface area (Å²) in [6.07, 6.45) is -4.54. The third-order valence-corrected chi connectivity index (χ3v) is 2.24. The molecule has 2 N–H and O–H groups in total. The molecule has 0 aromatic heterocycles. The Kier molecular flexibility index (Phi) is 3.24. The molecule has 0 aliphatic rings. The van der Waals surface area contributed by atoms with Crippen molar-refractivity contribution in [3.8, 4) is 0 Å². The molecule has 0 spiro atoms. The SMILES string of the molecule is NC(=O)C(Cl)c1ccccc1C(F)(F)F. The normalized spacial score (nSPS) is 13.6. The molecular weight excluding hydrogens is 231 g/mol. The van der Waals surface area contributed by atoms with Crippen molar-refractivity contribution < 1.29 is 18.0 Å². The van der Waals surface area contributed by atoms with Gasteiger partial charge in [-0.25, -0.2) is 0 Å². The summed E-state index contributed by atoms with van der Waals surface area (Å²) in [6.45, 7) is 0. The van der Waals surface area contributed by atoms with Gasteiger partial charge in [0, 0.05) is 0 Å². The van der Waals surface area contributed by atoms with Crippen molar-refractivity contribution in [2.75, 3.05) is 0 Å². The number of primary amides is 1. The highest BCUT2D eigenvalue weighted by Gasteiger charge is 2.35. The minimum Gasteiger partial charge on any atom is -0.368 e. The minimum atomic E-state index is -4.54. The number of hydrogen-bond donors (Lipinski definition) is 1. The lowest BCUT2D eigenvalue weighted by Gasteiger charge is -2.14. The van der Waals surface area contributed by atoms with Gasteiger partial charge in [0.1, 0.15) is 5.38 Å². The number of alkyl halides is 4. The predicted molar refractivity (Wildman–Crippen MR) is 49.2 cm³/mol. The molecule has 82 valence electrons. The fourth-order valence-corrected chi connectivity index (χ4v) is 1.32. The summed E-state index contributed by atoms with van der Waals surface area (Å²) in [6, 6.07) is 4.57. The van der Waals surface area contributed by atoms with E-state index in [-0.39, 0.29) is 5.56 Å². The maximum absolute atomic E-state index is 12.5. The lowest BCUT2D eigenvalue weighted by Crippen LogP contribution is -2.20. The third-order valence-electron chi connectivity index (χ3n) is 1.79. The van der Waals surface area contributed by atoms with Gasteiger partial charge in [-0.1, -0.05) is 18.2 Å². The number of rotatable bonds is 2. The van der Waals surface area contributed by atoms with Gasteiger partial charge in [-0.05, 0) is 11.6 Å². The van der Waals surface area contributed by atoms with E-state index in [0.29, 0.717) is 0 Å². The Bertz CT molecular complexity index is 378. The van der Waals surface area contributed by atoms with Gasteiger partial charge in [0.2, 0.25) is 5.91 Å². The lowest BCUT2D eigenvalue weighted by molar-refractivity contribution is -0.138.